The summed E-state index contributed by atoms with van der Waals surface area (Å²) in [6, 6.07) is 5.08. The summed E-state index contributed by atoms with van der Waals surface area (Å²) in [5.41, 5.74) is 1.64. The predicted octanol–water partition coefficient (Wildman–Crippen LogP) is 1.22. The molecule has 0 fully saturated rings. The molecule has 1 aromatic rings. The Morgan fingerprint density at radius 3 is 3.00 bits per heavy atom. The largest absolute Gasteiger partial charge is 0.305 e. The van der Waals surface area contributed by atoms with E-state index in [0.29, 0.717) is 12.2 Å². The third kappa shape index (κ3) is 1.31. The van der Waals surface area contributed by atoms with Gasteiger partial charge in [-0.25, -0.2) is 5.84 Å². The van der Waals surface area contributed by atoms with E-state index in [-0.39, 0.29) is 10.6 Å². The molecule has 1 aromatic carbocycles. The normalized spacial score (nSPS) is 15.1. The molecule has 0 saturated carbocycles. The zero-order chi connectivity index (χ0) is 10.1. The van der Waals surface area contributed by atoms with Crippen molar-refractivity contribution in [2.45, 2.75) is 12.8 Å². The van der Waals surface area contributed by atoms with E-state index in [9.17, 15) is 10.1 Å². The van der Waals surface area contributed by atoms with Gasteiger partial charge in [0.2, 0.25) is 0 Å². The molecule has 1 aliphatic rings. The smallest absolute Gasteiger partial charge is 0.294 e. The van der Waals surface area contributed by atoms with Gasteiger partial charge >= 0.3 is 0 Å². The summed E-state index contributed by atoms with van der Waals surface area (Å²) < 4.78 is 0. The predicted molar refractivity (Wildman–Crippen MR) is 53.0 cm³/mol. The first-order valence-corrected chi connectivity index (χ1v) is 4.48. The summed E-state index contributed by atoms with van der Waals surface area (Å²) in [4.78, 5) is 10.4. The molecule has 1 heterocycles. The van der Waals surface area contributed by atoms with E-state index in [1.54, 1.807) is 6.07 Å². The number of nitro benzene ring substituents is 1. The molecule has 0 unspecified atom stereocenters. The van der Waals surface area contributed by atoms with Gasteiger partial charge < -0.3 is 5.01 Å². The average molecular weight is 193 g/mol. The highest BCUT2D eigenvalue weighted by atomic mass is 16.6. The topological polar surface area (TPSA) is 72.4 Å². The molecule has 0 aromatic heterocycles. The molecule has 0 bridgehead atoms. The molecule has 2 rings (SSSR count). The first kappa shape index (κ1) is 8.96. The number of hydrogen-bond acceptors (Lipinski definition) is 4. The second kappa shape index (κ2) is 3.26. The molecular weight excluding hydrogens is 182 g/mol. The highest BCUT2D eigenvalue weighted by molar-refractivity contribution is 5.68. The lowest BCUT2D eigenvalue weighted by molar-refractivity contribution is -0.384. The quantitative estimate of drug-likeness (QED) is 0.413. The molecular formula is C9H11N3O2. The lowest BCUT2D eigenvalue weighted by Gasteiger charge is -2.25. The van der Waals surface area contributed by atoms with E-state index in [1.807, 2.05) is 6.07 Å². The molecule has 0 saturated heterocycles. The van der Waals surface area contributed by atoms with Crippen molar-refractivity contribution >= 4 is 11.4 Å². The minimum absolute atomic E-state index is 0.102. The van der Waals surface area contributed by atoms with Crippen LogP contribution in [0.1, 0.15) is 12.0 Å². The second-order valence-corrected chi connectivity index (χ2v) is 3.34. The molecule has 0 atom stereocenters. The summed E-state index contributed by atoms with van der Waals surface area (Å²) in [6.07, 6.45) is 1.81. The van der Waals surface area contributed by atoms with Crippen LogP contribution in [-0.4, -0.2) is 11.5 Å². The minimum atomic E-state index is -0.385. The summed E-state index contributed by atoms with van der Waals surface area (Å²) in [5.74, 6) is 5.71. The van der Waals surface area contributed by atoms with Crippen LogP contribution in [0.3, 0.4) is 0 Å². The van der Waals surface area contributed by atoms with Crippen molar-refractivity contribution in [3.05, 3.63) is 33.9 Å². The number of nitrogens with zero attached hydrogens (tertiary/aromatic N) is 2. The van der Waals surface area contributed by atoms with Gasteiger partial charge in [0, 0.05) is 12.6 Å². The van der Waals surface area contributed by atoms with Crippen LogP contribution in [0, 0.1) is 10.1 Å². The maximum absolute atomic E-state index is 10.7. The molecule has 2 N–H and O–H groups in total. The van der Waals surface area contributed by atoms with Gasteiger partial charge in [-0.1, -0.05) is 12.1 Å². The van der Waals surface area contributed by atoms with Gasteiger partial charge in [0.25, 0.3) is 5.69 Å². The van der Waals surface area contributed by atoms with E-state index in [4.69, 9.17) is 5.84 Å². The number of nitrogens with two attached hydrogens (primary N) is 1. The number of anilines is 1. The number of hydrogen-bond donors (Lipinski definition) is 1. The van der Waals surface area contributed by atoms with Crippen molar-refractivity contribution in [3.63, 3.8) is 0 Å². The van der Waals surface area contributed by atoms with Gasteiger partial charge in [0.05, 0.1) is 4.92 Å². The van der Waals surface area contributed by atoms with Crippen molar-refractivity contribution in [2.75, 3.05) is 11.6 Å². The maximum atomic E-state index is 10.7. The van der Waals surface area contributed by atoms with Crippen LogP contribution in [0.2, 0.25) is 0 Å². The second-order valence-electron chi connectivity index (χ2n) is 3.34. The molecule has 0 spiro atoms. The summed E-state index contributed by atoms with van der Waals surface area (Å²) in [7, 11) is 0. The molecule has 5 nitrogen and oxygen atoms in total. The van der Waals surface area contributed by atoms with Crippen LogP contribution in [-0.2, 0) is 6.42 Å². The van der Waals surface area contributed by atoms with E-state index in [0.717, 1.165) is 18.4 Å². The van der Waals surface area contributed by atoms with Gasteiger partial charge in [-0.3, -0.25) is 10.1 Å². The number of hydrazine groups is 1. The van der Waals surface area contributed by atoms with Crippen LogP contribution >= 0.6 is 0 Å². The van der Waals surface area contributed by atoms with Gasteiger partial charge in [0.15, 0.2) is 0 Å². The number of nitro groups is 1. The Morgan fingerprint density at radius 2 is 2.29 bits per heavy atom. The Bertz CT molecular complexity index is 378. The zero-order valence-electron chi connectivity index (χ0n) is 7.64. The first-order chi connectivity index (χ1) is 6.70. The van der Waals surface area contributed by atoms with Gasteiger partial charge in [-0.05, 0) is 18.4 Å². The molecule has 0 amide bonds. The van der Waals surface area contributed by atoms with Crippen LogP contribution in [0.25, 0.3) is 0 Å². The van der Waals surface area contributed by atoms with E-state index in [1.165, 1.54) is 11.1 Å². The molecule has 0 radical (unpaired) electrons. The third-order valence-corrected chi connectivity index (χ3v) is 2.43. The van der Waals surface area contributed by atoms with Crippen LogP contribution < -0.4 is 10.9 Å². The Balaban J connectivity index is 2.57. The van der Waals surface area contributed by atoms with Crippen LogP contribution in [0.4, 0.5) is 11.4 Å². The monoisotopic (exact) mass is 193 g/mol. The van der Waals surface area contributed by atoms with Gasteiger partial charge in [0.1, 0.15) is 5.69 Å². The van der Waals surface area contributed by atoms with Crippen molar-refractivity contribution in [1.82, 2.24) is 0 Å². The summed E-state index contributed by atoms with van der Waals surface area (Å²) in [6.45, 7) is 0.678. The van der Waals surface area contributed by atoms with Gasteiger partial charge in [-0.15, -0.1) is 0 Å². The zero-order valence-corrected chi connectivity index (χ0v) is 7.64. The summed E-state index contributed by atoms with van der Waals surface area (Å²) >= 11 is 0. The highest BCUT2D eigenvalue weighted by Gasteiger charge is 2.23. The van der Waals surface area contributed by atoms with E-state index < -0.39 is 0 Å². The Hall–Kier alpha value is -1.62. The lowest BCUT2D eigenvalue weighted by Crippen LogP contribution is -2.36. The number of fused-ring (bicyclic) bond motifs is 1. The van der Waals surface area contributed by atoms with Crippen molar-refractivity contribution in [2.24, 2.45) is 5.84 Å². The first-order valence-electron chi connectivity index (χ1n) is 4.48. The van der Waals surface area contributed by atoms with Crippen LogP contribution in [0.5, 0.6) is 0 Å². The van der Waals surface area contributed by atoms with Crippen LogP contribution in [0.15, 0.2) is 18.2 Å². The molecule has 0 aliphatic carbocycles. The molecule has 14 heavy (non-hydrogen) atoms. The standard InChI is InChI=1S/C9H11N3O2/c10-11-6-2-4-7-3-1-5-8(9(7)11)12(13)14/h1,3,5H,2,4,6,10H2. The lowest BCUT2D eigenvalue weighted by atomic mass is 10.0. The number of para-hydroxylation sites is 1. The van der Waals surface area contributed by atoms with E-state index >= 15 is 0 Å². The number of rotatable bonds is 1. The summed E-state index contributed by atoms with van der Waals surface area (Å²) in [5, 5.41) is 12.2. The van der Waals surface area contributed by atoms with Gasteiger partial charge in [-0.2, -0.15) is 0 Å². The molecule has 5 heteroatoms. The Labute approximate surface area is 81.2 Å². The van der Waals surface area contributed by atoms with Crippen molar-refractivity contribution < 1.29 is 4.92 Å². The van der Waals surface area contributed by atoms with E-state index in [2.05, 4.69) is 0 Å². The molecule has 74 valence electrons. The Morgan fingerprint density at radius 1 is 1.50 bits per heavy atom. The number of benzene rings is 1. The third-order valence-electron chi connectivity index (χ3n) is 2.43. The molecule has 1 aliphatic heterocycles. The fourth-order valence-electron chi connectivity index (χ4n) is 1.81. The average Bonchev–Trinajstić information content (AvgIpc) is 2.17. The Kier molecular flexibility index (Phi) is 2.09. The fraction of sp³-hybridized carbons (Fsp3) is 0.333. The number of aryl methyl sites for hydroxylation is 1. The highest BCUT2D eigenvalue weighted by Crippen LogP contribution is 2.33. The minimum Gasteiger partial charge on any atom is -0.305 e. The SMILES string of the molecule is NN1CCCc2cccc([N+](=O)[O-])c21. The fourth-order valence-corrected chi connectivity index (χ4v) is 1.81. The maximum Gasteiger partial charge on any atom is 0.294 e. The van der Waals surface area contributed by atoms with Crippen molar-refractivity contribution in [3.8, 4) is 0 Å². The van der Waals surface area contributed by atoms with Crippen molar-refractivity contribution in [1.29, 1.82) is 0 Å².